The van der Waals surface area contributed by atoms with Crippen molar-refractivity contribution in [1.82, 2.24) is 0 Å². The molecule has 103 valence electrons. The molecular weight excluding hydrogens is 362 g/mol. The summed E-state index contributed by atoms with van der Waals surface area (Å²) in [5.74, 6) is 0. The zero-order chi connectivity index (χ0) is 12.1. The molecule has 0 aromatic heterocycles. The quantitative estimate of drug-likeness (QED) is 0.183. The Hall–Kier alpha value is 0.920. The third-order valence-corrected chi connectivity index (χ3v) is 2.14. The van der Waals surface area contributed by atoms with Crippen LogP contribution >= 0.6 is 15.6 Å². The maximum atomic E-state index is 10.7. The van der Waals surface area contributed by atoms with Crippen molar-refractivity contribution in [2.45, 2.75) is 26.1 Å². The van der Waals surface area contributed by atoms with Crippen LogP contribution in [0.2, 0.25) is 0 Å². The van der Waals surface area contributed by atoms with Crippen LogP contribution in [0.1, 0.15) is 19.8 Å². The first kappa shape index (κ1) is 19.3. The number of hydrogen-bond acceptors (Lipinski definition) is 9. The van der Waals surface area contributed by atoms with Gasteiger partial charge in [0.1, 0.15) is 7.82 Å². The van der Waals surface area contributed by atoms with E-state index in [2.05, 4.69) is 13.9 Å². The first-order valence-electron chi connectivity index (χ1n) is 3.74. The van der Waals surface area contributed by atoms with E-state index in [0.29, 0.717) is 6.42 Å². The summed E-state index contributed by atoms with van der Waals surface area (Å²) >= 11 is 0. The van der Waals surface area contributed by atoms with Gasteiger partial charge >= 0.3 is 7.82 Å². The SMILES string of the molecule is CCCC(O)OP(=O)([O-])OOP(=O)([O-])[O-].[Ag]. The van der Waals surface area contributed by atoms with Crippen molar-refractivity contribution in [3.8, 4) is 0 Å². The number of hydrogen-bond donors (Lipinski definition) is 1. The molecule has 2 unspecified atom stereocenters. The van der Waals surface area contributed by atoms with Gasteiger partial charge in [0, 0.05) is 22.4 Å². The second-order valence-electron chi connectivity index (χ2n) is 2.39. The van der Waals surface area contributed by atoms with Gasteiger partial charge in [-0.25, -0.2) is 0 Å². The molecule has 0 amide bonds. The van der Waals surface area contributed by atoms with Crippen LogP contribution < -0.4 is 14.7 Å². The molecule has 9 nitrogen and oxygen atoms in total. The van der Waals surface area contributed by atoms with Crippen LogP contribution in [0.15, 0.2) is 0 Å². The summed E-state index contributed by atoms with van der Waals surface area (Å²) in [5, 5.41) is 8.86. The van der Waals surface area contributed by atoms with Gasteiger partial charge in [0.25, 0.3) is 0 Å². The van der Waals surface area contributed by atoms with Gasteiger partial charge in [-0.15, -0.1) is 0 Å². The van der Waals surface area contributed by atoms with Crippen molar-refractivity contribution in [3.63, 3.8) is 0 Å². The van der Waals surface area contributed by atoms with E-state index in [4.69, 9.17) is 5.11 Å². The van der Waals surface area contributed by atoms with E-state index in [1.807, 2.05) is 0 Å². The molecule has 0 aliphatic carbocycles. The minimum Gasteiger partial charge on any atom is -0.788 e. The van der Waals surface area contributed by atoms with Crippen molar-refractivity contribution >= 4 is 15.6 Å². The minimum absolute atomic E-state index is 0. The van der Waals surface area contributed by atoms with Gasteiger partial charge in [0.15, 0.2) is 6.29 Å². The number of aliphatic hydroxyl groups is 1. The molecular formula is C4H9AgO9P2-3. The molecule has 0 fully saturated rings. The summed E-state index contributed by atoms with van der Waals surface area (Å²) in [6, 6.07) is 0. The largest absolute Gasteiger partial charge is 0.788 e. The Kier molecular flexibility index (Phi) is 9.75. The zero-order valence-corrected chi connectivity index (χ0v) is 11.2. The minimum atomic E-state index is -5.58. The summed E-state index contributed by atoms with van der Waals surface area (Å²) in [6.07, 6.45) is -1.27. The monoisotopic (exact) mass is 370 g/mol. The van der Waals surface area contributed by atoms with Crippen LogP contribution in [0.4, 0.5) is 0 Å². The van der Waals surface area contributed by atoms with E-state index in [1.54, 1.807) is 6.92 Å². The summed E-state index contributed by atoms with van der Waals surface area (Å²) in [4.78, 5) is 30.3. The molecule has 0 heterocycles. The molecule has 0 aromatic rings. The Morgan fingerprint density at radius 1 is 1.25 bits per heavy atom. The van der Waals surface area contributed by atoms with Crippen molar-refractivity contribution in [1.29, 1.82) is 0 Å². The molecule has 2 atom stereocenters. The molecule has 0 aromatic carbocycles. The Balaban J connectivity index is 0. The molecule has 1 N–H and O–H groups in total. The number of phosphoric acid groups is 2. The van der Waals surface area contributed by atoms with Crippen molar-refractivity contribution < 1.29 is 65.2 Å². The normalized spacial score (nSPS) is 17.3. The zero-order valence-electron chi connectivity index (χ0n) is 7.90. The smallest absolute Gasteiger partial charge is 0.300 e. The second kappa shape index (κ2) is 8.10. The van der Waals surface area contributed by atoms with E-state index in [0.717, 1.165) is 0 Å². The van der Waals surface area contributed by atoms with Crippen LogP contribution in [0.3, 0.4) is 0 Å². The fourth-order valence-corrected chi connectivity index (χ4v) is 1.64. The maximum Gasteiger partial charge on any atom is 0.300 e. The van der Waals surface area contributed by atoms with E-state index in [-0.39, 0.29) is 28.8 Å². The van der Waals surface area contributed by atoms with E-state index >= 15 is 0 Å². The molecule has 16 heavy (non-hydrogen) atoms. The van der Waals surface area contributed by atoms with Crippen LogP contribution in [0.25, 0.3) is 0 Å². The van der Waals surface area contributed by atoms with Gasteiger partial charge in [0.2, 0.25) is 0 Å². The Morgan fingerprint density at radius 3 is 2.12 bits per heavy atom. The van der Waals surface area contributed by atoms with E-state index in [1.165, 1.54) is 0 Å². The van der Waals surface area contributed by atoms with Gasteiger partial charge in [-0.3, -0.25) is 9.09 Å². The van der Waals surface area contributed by atoms with E-state index < -0.39 is 21.9 Å². The topological polar surface area (TPSA) is 151 Å². The fraction of sp³-hybridized carbons (Fsp3) is 1.00. The molecule has 0 bridgehead atoms. The van der Waals surface area contributed by atoms with Gasteiger partial charge in [-0.1, -0.05) is 13.3 Å². The first-order valence-corrected chi connectivity index (χ1v) is 6.66. The van der Waals surface area contributed by atoms with Crippen LogP contribution in [0, 0.1) is 0 Å². The molecule has 12 heteroatoms. The van der Waals surface area contributed by atoms with Gasteiger partial charge in [0.05, 0.1) is 0 Å². The Morgan fingerprint density at radius 2 is 1.75 bits per heavy atom. The summed E-state index contributed by atoms with van der Waals surface area (Å²) in [5.41, 5.74) is 0. The molecule has 0 rings (SSSR count). The number of rotatable bonds is 7. The average molecular weight is 371 g/mol. The fourth-order valence-electron chi connectivity index (χ4n) is 0.548. The third kappa shape index (κ3) is 11.4. The molecule has 0 spiro atoms. The van der Waals surface area contributed by atoms with Crippen molar-refractivity contribution in [3.05, 3.63) is 0 Å². The summed E-state index contributed by atoms with van der Waals surface area (Å²) in [7, 11) is -10.7. The number of phosphoric ester groups is 1. The molecule has 0 saturated heterocycles. The maximum absolute atomic E-state index is 10.7. The molecule has 0 aliphatic rings. The Labute approximate surface area is 107 Å². The third-order valence-electron chi connectivity index (χ3n) is 1.00. The summed E-state index contributed by atoms with van der Waals surface area (Å²) in [6.45, 7) is 1.64. The average Bonchev–Trinajstić information content (AvgIpc) is 1.99. The van der Waals surface area contributed by atoms with Crippen molar-refractivity contribution in [2.24, 2.45) is 0 Å². The molecule has 0 aliphatic heterocycles. The standard InChI is InChI=1S/C4H12O9P2.Ag/c1-2-3-4(5)11-15(9,10)13-12-14(6,7)8;/h4-5H,2-3H2,1H3,(H,9,10)(H2,6,7,8);/p-3. The van der Waals surface area contributed by atoms with Gasteiger partial charge in [-0.05, 0) is 6.42 Å². The predicted molar refractivity (Wildman–Crippen MR) is 39.4 cm³/mol. The number of aliphatic hydroxyl groups excluding tert-OH is 1. The molecule has 1 radical (unpaired) electrons. The predicted octanol–water partition coefficient (Wildman–Crippen LogP) is -1.64. The summed E-state index contributed by atoms with van der Waals surface area (Å²) < 4.78 is 30.6. The Bertz CT molecular complexity index is 277. The van der Waals surface area contributed by atoms with Gasteiger partial charge in [-0.2, -0.15) is 9.35 Å². The second-order valence-corrected chi connectivity index (χ2v) is 4.69. The van der Waals surface area contributed by atoms with Gasteiger partial charge < -0.3 is 24.4 Å². The van der Waals surface area contributed by atoms with Crippen LogP contribution in [-0.4, -0.2) is 11.4 Å². The van der Waals surface area contributed by atoms with E-state index in [9.17, 15) is 23.8 Å². The van der Waals surface area contributed by atoms with Crippen molar-refractivity contribution in [2.75, 3.05) is 0 Å². The first-order chi connectivity index (χ1) is 6.66. The van der Waals surface area contributed by atoms with Crippen LogP contribution in [0.5, 0.6) is 0 Å². The molecule has 0 saturated carbocycles. The van der Waals surface area contributed by atoms with Crippen LogP contribution in [-0.2, 0) is 45.4 Å².